The summed E-state index contributed by atoms with van der Waals surface area (Å²) < 4.78 is 5.74. The van der Waals surface area contributed by atoms with Gasteiger partial charge in [-0.05, 0) is 56.4 Å². The number of aryl methyl sites for hydroxylation is 2. The van der Waals surface area contributed by atoms with Crippen LogP contribution < -0.4 is 5.32 Å². The molecule has 5 nitrogen and oxygen atoms in total. The summed E-state index contributed by atoms with van der Waals surface area (Å²) in [5.74, 6) is 0.457. The Bertz CT molecular complexity index is 968. The van der Waals surface area contributed by atoms with Gasteiger partial charge in [0.1, 0.15) is 0 Å². The summed E-state index contributed by atoms with van der Waals surface area (Å²) in [5.41, 5.74) is 4.62. The second kappa shape index (κ2) is 8.19. The number of carbonyl (C=O) groups excluding carboxylic acids is 1. The van der Waals surface area contributed by atoms with Crippen molar-refractivity contribution in [2.24, 2.45) is 0 Å². The molecule has 2 aromatic carbocycles. The molecule has 4 rings (SSSR count). The number of hydrogen-bond donors (Lipinski definition) is 1. The summed E-state index contributed by atoms with van der Waals surface area (Å²) in [6.45, 7) is 3.90. The van der Waals surface area contributed by atoms with Crippen molar-refractivity contribution in [2.75, 3.05) is 0 Å². The summed E-state index contributed by atoms with van der Waals surface area (Å²) in [7, 11) is 0. The standard InChI is InChI=1S/C22H23N3O2S/c1-14-10-12-17(13-11-14)21-24-25-22(27-21)28-15(2)20(26)23-19-9-5-7-16-6-3-4-8-18(16)19/h3-4,6,8,10-13,15,19H,5,7,9H2,1-2H3,(H,23,26). The molecule has 0 saturated heterocycles. The second-order valence-corrected chi connectivity index (χ2v) is 8.44. The fraction of sp³-hybridized carbons (Fsp3) is 0.318. The average molecular weight is 394 g/mol. The van der Waals surface area contributed by atoms with E-state index < -0.39 is 0 Å². The Balaban J connectivity index is 1.40. The van der Waals surface area contributed by atoms with Crippen molar-refractivity contribution >= 4 is 17.7 Å². The van der Waals surface area contributed by atoms with Gasteiger partial charge in [-0.25, -0.2) is 0 Å². The number of rotatable bonds is 5. The molecular weight excluding hydrogens is 370 g/mol. The summed E-state index contributed by atoms with van der Waals surface area (Å²) in [4.78, 5) is 12.7. The largest absolute Gasteiger partial charge is 0.411 e. The van der Waals surface area contributed by atoms with Crippen molar-refractivity contribution in [3.63, 3.8) is 0 Å². The highest BCUT2D eigenvalue weighted by molar-refractivity contribution is 8.00. The highest BCUT2D eigenvalue weighted by atomic mass is 32.2. The van der Waals surface area contributed by atoms with Gasteiger partial charge in [0.15, 0.2) is 0 Å². The van der Waals surface area contributed by atoms with Crippen LogP contribution in [0.1, 0.15) is 42.5 Å². The first-order valence-electron chi connectivity index (χ1n) is 9.55. The number of amides is 1. The highest BCUT2D eigenvalue weighted by Crippen LogP contribution is 2.31. The third kappa shape index (κ3) is 4.12. The van der Waals surface area contributed by atoms with E-state index in [2.05, 4.69) is 33.7 Å². The number of nitrogens with zero attached hydrogens (tertiary/aromatic N) is 2. The summed E-state index contributed by atoms with van der Waals surface area (Å²) in [6, 6.07) is 16.3. The van der Waals surface area contributed by atoms with Crippen molar-refractivity contribution < 1.29 is 9.21 Å². The molecule has 1 aromatic heterocycles. The van der Waals surface area contributed by atoms with E-state index in [9.17, 15) is 4.79 Å². The van der Waals surface area contributed by atoms with E-state index in [0.717, 1.165) is 24.8 Å². The molecule has 3 aromatic rings. The first-order chi connectivity index (χ1) is 13.6. The molecule has 28 heavy (non-hydrogen) atoms. The van der Waals surface area contributed by atoms with E-state index >= 15 is 0 Å². The lowest BCUT2D eigenvalue weighted by molar-refractivity contribution is -0.121. The normalized spacial score (nSPS) is 17.0. The topological polar surface area (TPSA) is 68.0 Å². The minimum atomic E-state index is -0.319. The number of benzene rings is 2. The van der Waals surface area contributed by atoms with Crippen LogP contribution in [0.5, 0.6) is 0 Å². The Hall–Kier alpha value is -2.60. The van der Waals surface area contributed by atoms with Gasteiger partial charge in [-0.2, -0.15) is 0 Å². The summed E-state index contributed by atoms with van der Waals surface area (Å²) in [6.07, 6.45) is 3.14. The van der Waals surface area contributed by atoms with E-state index in [-0.39, 0.29) is 17.2 Å². The molecule has 2 unspecified atom stereocenters. The number of thioether (sulfide) groups is 1. The molecular formula is C22H23N3O2S. The van der Waals surface area contributed by atoms with Crippen LogP contribution in [0.15, 0.2) is 58.2 Å². The fourth-order valence-electron chi connectivity index (χ4n) is 3.47. The van der Waals surface area contributed by atoms with Gasteiger partial charge in [-0.15, -0.1) is 10.2 Å². The zero-order valence-corrected chi connectivity index (χ0v) is 16.8. The monoisotopic (exact) mass is 393 g/mol. The molecule has 0 spiro atoms. The maximum Gasteiger partial charge on any atom is 0.277 e. The predicted molar refractivity (Wildman–Crippen MR) is 110 cm³/mol. The third-order valence-electron chi connectivity index (χ3n) is 5.04. The Morgan fingerprint density at radius 1 is 1.18 bits per heavy atom. The van der Waals surface area contributed by atoms with E-state index in [4.69, 9.17) is 4.42 Å². The maximum atomic E-state index is 12.7. The van der Waals surface area contributed by atoms with Crippen LogP contribution in [-0.4, -0.2) is 21.4 Å². The van der Waals surface area contributed by atoms with Gasteiger partial charge in [0.2, 0.25) is 11.8 Å². The molecule has 1 aliphatic rings. The van der Waals surface area contributed by atoms with Crippen LogP contribution in [0.25, 0.3) is 11.5 Å². The van der Waals surface area contributed by atoms with E-state index in [1.165, 1.54) is 28.5 Å². The Kier molecular flexibility index (Phi) is 5.48. The van der Waals surface area contributed by atoms with Crippen LogP contribution in [0, 0.1) is 6.92 Å². The second-order valence-electron chi connectivity index (χ2n) is 7.15. The molecule has 0 aliphatic heterocycles. The van der Waals surface area contributed by atoms with Gasteiger partial charge >= 0.3 is 0 Å². The van der Waals surface area contributed by atoms with Crippen molar-refractivity contribution in [3.05, 3.63) is 65.2 Å². The quantitative estimate of drug-likeness (QED) is 0.635. The van der Waals surface area contributed by atoms with E-state index in [1.54, 1.807) is 0 Å². The number of carbonyl (C=O) groups is 1. The summed E-state index contributed by atoms with van der Waals surface area (Å²) >= 11 is 1.29. The number of fused-ring (bicyclic) bond motifs is 1. The molecule has 1 aliphatic carbocycles. The molecule has 2 atom stereocenters. The van der Waals surface area contributed by atoms with Crippen LogP contribution in [0.3, 0.4) is 0 Å². The number of aromatic nitrogens is 2. The molecule has 1 N–H and O–H groups in total. The molecule has 144 valence electrons. The summed E-state index contributed by atoms with van der Waals surface area (Å²) in [5, 5.41) is 11.5. The minimum Gasteiger partial charge on any atom is -0.411 e. The molecule has 6 heteroatoms. The molecule has 1 heterocycles. The zero-order chi connectivity index (χ0) is 19.5. The highest BCUT2D eigenvalue weighted by Gasteiger charge is 2.25. The lowest BCUT2D eigenvalue weighted by Gasteiger charge is -2.27. The molecule has 0 fully saturated rings. The number of hydrogen-bond acceptors (Lipinski definition) is 5. The third-order valence-corrected chi connectivity index (χ3v) is 5.97. The number of nitrogens with one attached hydrogen (secondary N) is 1. The SMILES string of the molecule is Cc1ccc(-c2nnc(SC(C)C(=O)NC3CCCc4ccccc43)o2)cc1. The zero-order valence-electron chi connectivity index (χ0n) is 16.0. The van der Waals surface area contributed by atoms with Gasteiger partial charge < -0.3 is 9.73 Å². The molecule has 0 saturated carbocycles. The molecule has 0 bridgehead atoms. The van der Waals surface area contributed by atoms with Crippen LogP contribution >= 0.6 is 11.8 Å². The van der Waals surface area contributed by atoms with Crippen molar-refractivity contribution in [1.29, 1.82) is 0 Å². The van der Waals surface area contributed by atoms with Crippen LogP contribution in [-0.2, 0) is 11.2 Å². The first-order valence-corrected chi connectivity index (χ1v) is 10.4. The van der Waals surface area contributed by atoms with Gasteiger partial charge in [-0.3, -0.25) is 4.79 Å². The fourth-order valence-corrected chi connectivity index (χ4v) is 4.16. The Labute approximate surface area is 168 Å². The van der Waals surface area contributed by atoms with Crippen LogP contribution in [0.2, 0.25) is 0 Å². The minimum absolute atomic E-state index is 0.0122. The van der Waals surface area contributed by atoms with Crippen molar-refractivity contribution in [2.45, 2.75) is 49.6 Å². The molecule has 0 radical (unpaired) electrons. The van der Waals surface area contributed by atoms with Gasteiger partial charge in [0, 0.05) is 5.56 Å². The first kappa shape index (κ1) is 18.7. The lowest BCUT2D eigenvalue weighted by Crippen LogP contribution is -2.35. The van der Waals surface area contributed by atoms with Gasteiger partial charge in [0.25, 0.3) is 5.22 Å². The molecule has 1 amide bonds. The Morgan fingerprint density at radius 3 is 2.79 bits per heavy atom. The van der Waals surface area contributed by atoms with E-state index in [1.807, 2.05) is 44.2 Å². The van der Waals surface area contributed by atoms with Crippen molar-refractivity contribution in [3.8, 4) is 11.5 Å². The smallest absolute Gasteiger partial charge is 0.277 e. The van der Waals surface area contributed by atoms with Gasteiger partial charge in [-0.1, -0.05) is 53.7 Å². The van der Waals surface area contributed by atoms with E-state index in [0.29, 0.717) is 11.1 Å². The van der Waals surface area contributed by atoms with Gasteiger partial charge in [0.05, 0.1) is 11.3 Å². The maximum absolute atomic E-state index is 12.7. The average Bonchev–Trinajstić information content (AvgIpc) is 3.17. The Morgan fingerprint density at radius 2 is 1.96 bits per heavy atom. The predicted octanol–water partition coefficient (Wildman–Crippen LogP) is 4.72. The van der Waals surface area contributed by atoms with Crippen LogP contribution in [0.4, 0.5) is 0 Å². The van der Waals surface area contributed by atoms with Crippen molar-refractivity contribution in [1.82, 2.24) is 15.5 Å². The lowest BCUT2D eigenvalue weighted by atomic mass is 9.88.